The second-order valence-corrected chi connectivity index (χ2v) is 6.64. The summed E-state index contributed by atoms with van der Waals surface area (Å²) in [4.78, 5) is 30.1. The predicted molar refractivity (Wildman–Crippen MR) is 92.2 cm³/mol. The fourth-order valence-corrected chi connectivity index (χ4v) is 2.38. The Bertz CT molecular complexity index is 523. The molecule has 0 radical (unpaired) electrons. The Morgan fingerprint density at radius 2 is 2.00 bits per heavy atom. The molecular weight excluding hydrogens is 312 g/mol. The summed E-state index contributed by atoms with van der Waals surface area (Å²) in [7, 11) is 0. The number of hydrogen-bond acceptors (Lipinski definition) is 7. The zero-order valence-electron chi connectivity index (χ0n) is 15.2. The van der Waals surface area contributed by atoms with Crippen LogP contribution in [0.2, 0.25) is 0 Å². The van der Waals surface area contributed by atoms with Crippen LogP contribution in [0.1, 0.15) is 47.5 Å². The van der Waals surface area contributed by atoms with Crippen molar-refractivity contribution in [2.45, 2.75) is 59.1 Å². The molecule has 1 rings (SSSR count). The van der Waals surface area contributed by atoms with E-state index in [1.54, 1.807) is 18.7 Å². The summed E-state index contributed by atoms with van der Waals surface area (Å²) in [5, 5.41) is 3.48. The van der Waals surface area contributed by atoms with Gasteiger partial charge in [-0.2, -0.15) is 5.10 Å². The molecule has 2 N–H and O–H groups in total. The van der Waals surface area contributed by atoms with E-state index in [4.69, 9.17) is 15.3 Å². The second-order valence-electron chi connectivity index (χ2n) is 6.64. The first-order chi connectivity index (χ1) is 11.2. The number of esters is 1. The van der Waals surface area contributed by atoms with Crippen LogP contribution in [0.25, 0.3) is 0 Å². The minimum Gasteiger partial charge on any atom is -0.461 e. The first kappa shape index (κ1) is 19.9. The number of amides is 1. The third-order valence-corrected chi connectivity index (χ3v) is 3.37. The first-order valence-corrected chi connectivity index (χ1v) is 8.15. The average molecular weight is 340 g/mol. The minimum absolute atomic E-state index is 0.00578. The molecular formula is C16H28N4O4. The van der Waals surface area contributed by atoms with Gasteiger partial charge in [0.15, 0.2) is 5.71 Å². The van der Waals surface area contributed by atoms with E-state index in [0.717, 1.165) is 12.8 Å². The molecule has 0 aromatic heterocycles. The van der Waals surface area contributed by atoms with Gasteiger partial charge in [-0.15, -0.1) is 0 Å². The number of piperidine rings is 1. The normalized spacial score (nSPS) is 19.9. The molecule has 8 heteroatoms. The molecule has 0 spiro atoms. The van der Waals surface area contributed by atoms with E-state index >= 15 is 0 Å². The Hall–Kier alpha value is -2.12. The molecule has 0 aromatic carbocycles. The summed E-state index contributed by atoms with van der Waals surface area (Å²) in [5.74, 6) is 4.68. The summed E-state index contributed by atoms with van der Waals surface area (Å²) in [6.45, 7) is 10.2. The van der Waals surface area contributed by atoms with Crippen molar-refractivity contribution < 1.29 is 19.1 Å². The highest BCUT2D eigenvalue weighted by Crippen LogP contribution is 2.17. The molecule has 1 aliphatic rings. The number of nitrogens with two attached hydrogens (primary N) is 1. The molecule has 1 fully saturated rings. The van der Waals surface area contributed by atoms with Crippen molar-refractivity contribution in [1.82, 2.24) is 4.90 Å². The average Bonchev–Trinajstić information content (AvgIpc) is 2.46. The number of aliphatic imine (C=N–C) groups is 1. The molecule has 24 heavy (non-hydrogen) atoms. The molecule has 1 heterocycles. The van der Waals surface area contributed by atoms with E-state index in [9.17, 15) is 9.59 Å². The molecule has 1 atom stereocenters. The summed E-state index contributed by atoms with van der Waals surface area (Å²) in [6.07, 6.45) is 1.28. The van der Waals surface area contributed by atoms with Gasteiger partial charge in [0.25, 0.3) is 0 Å². The standard InChI is InChI=1S/C16H28N4O4/c1-6-23-14(21)13(19-17)11(2)18-12-8-7-9-20(10-12)15(22)24-16(3,4)5/h12H,6-10,17H2,1-5H3/b18-11?,19-13+. The number of nitrogens with zero attached hydrogens (tertiary/aromatic N) is 3. The third-order valence-electron chi connectivity index (χ3n) is 3.37. The van der Waals surface area contributed by atoms with Gasteiger partial charge in [-0.05, 0) is 47.5 Å². The molecule has 1 unspecified atom stereocenters. The van der Waals surface area contributed by atoms with Gasteiger partial charge >= 0.3 is 12.1 Å². The number of ether oxygens (including phenoxy) is 2. The van der Waals surface area contributed by atoms with Crippen molar-refractivity contribution in [3.63, 3.8) is 0 Å². The lowest BCUT2D eigenvalue weighted by Crippen LogP contribution is -2.44. The number of carbonyl (C=O) groups excluding carboxylic acids is 2. The van der Waals surface area contributed by atoms with Crippen LogP contribution in [0, 0.1) is 0 Å². The number of rotatable bonds is 4. The molecule has 0 aromatic rings. The largest absolute Gasteiger partial charge is 0.461 e. The monoisotopic (exact) mass is 340 g/mol. The highest BCUT2D eigenvalue weighted by atomic mass is 16.6. The fourth-order valence-electron chi connectivity index (χ4n) is 2.38. The summed E-state index contributed by atoms with van der Waals surface area (Å²) in [5.41, 5.74) is -0.120. The van der Waals surface area contributed by atoms with Crippen LogP contribution in [0.5, 0.6) is 0 Å². The summed E-state index contributed by atoms with van der Waals surface area (Å²) in [6, 6.07) is -0.127. The zero-order valence-corrected chi connectivity index (χ0v) is 15.2. The Morgan fingerprint density at radius 3 is 2.54 bits per heavy atom. The van der Waals surface area contributed by atoms with Gasteiger partial charge in [0.05, 0.1) is 18.4 Å². The van der Waals surface area contributed by atoms with Crippen LogP contribution >= 0.6 is 0 Å². The van der Waals surface area contributed by atoms with Crippen molar-refractivity contribution in [3.05, 3.63) is 0 Å². The van der Waals surface area contributed by atoms with Gasteiger partial charge in [0.1, 0.15) is 5.60 Å². The lowest BCUT2D eigenvalue weighted by molar-refractivity contribution is -0.134. The number of hydrogen-bond donors (Lipinski definition) is 1. The Labute approximate surface area is 143 Å². The molecule has 0 bridgehead atoms. The molecule has 136 valence electrons. The van der Waals surface area contributed by atoms with E-state index in [2.05, 4.69) is 10.1 Å². The highest BCUT2D eigenvalue weighted by Gasteiger charge is 2.28. The maximum Gasteiger partial charge on any atom is 0.410 e. The molecule has 1 amide bonds. The van der Waals surface area contributed by atoms with Crippen LogP contribution in [0.15, 0.2) is 10.1 Å². The topological polar surface area (TPSA) is 107 Å². The lowest BCUT2D eigenvalue weighted by atomic mass is 10.1. The van der Waals surface area contributed by atoms with Crippen molar-refractivity contribution in [2.24, 2.45) is 15.9 Å². The van der Waals surface area contributed by atoms with Gasteiger partial charge < -0.3 is 20.2 Å². The summed E-state index contributed by atoms with van der Waals surface area (Å²) >= 11 is 0. The van der Waals surface area contributed by atoms with Crippen molar-refractivity contribution in [1.29, 1.82) is 0 Å². The van der Waals surface area contributed by atoms with Crippen LogP contribution in [-0.4, -0.2) is 59.7 Å². The van der Waals surface area contributed by atoms with E-state index < -0.39 is 11.6 Å². The maximum absolute atomic E-state index is 12.2. The van der Waals surface area contributed by atoms with Crippen LogP contribution in [0.4, 0.5) is 4.79 Å². The van der Waals surface area contributed by atoms with Gasteiger partial charge in [0, 0.05) is 13.1 Å². The Balaban J connectivity index is 2.76. The van der Waals surface area contributed by atoms with Gasteiger partial charge in [-0.25, -0.2) is 9.59 Å². The van der Waals surface area contributed by atoms with Gasteiger partial charge in [0.2, 0.25) is 0 Å². The van der Waals surface area contributed by atoms with Crippen LogP contribution < -0.4 is 5.84 Å². The second kappa shape index (κ2) is 8.65. The minimum atomic E-state index is -0.596. The fraction of sp³-hybridized carbons (Fsp3) is 0.750. The lowest BCUT2D eigenvalue weighted by Gasteiger charge is -2.32. The van der Waals surface area contributed by atoms with E-state index in [0.29, 0.717) is 18.8 Å². The number of carbonyl (C=O) groups is 2. The molecule has 0 saturated carbocycles. The predicted octanol–water partition coefficient (Wildman–Crippen LogP) is 1.72. The van der Waals surface area contributed by atoms with Crippen LogP contribution in [-0.2, 0) is 14.3 Å². The Kier molecular flexibility index (Phi) is 7.18. The number of hydrazone groups is 1. The molecule has 0 aliphatic carbocycles. The van der Waals surface area contributed by atoms with Gasteiger partial charge in [-0.3, -0.25) is 4.99 Å². The zero-order chi connectivity index (χ0) is 18.3. The van der Waals surface area contributed by atoms with E-state index in [1.807, 2.05) is 20.8 Å². The molecule has 8 nitrogen and oxygen atoms in total. The van der Waals surface area contributed by atoms with Crippen molar-refractivity contribution in [2.75, 3.05) is 19.7 Å². The third kappa shape index (κ3) is 6.17. The number of likely N-dealkylation sites (tertiary alicyclic amines) is 1. The van der Waals surface area contributed by atoms with Crippen molar-refractivity contribution >= 4 is 23.5 Å². The van der Waals surface area contributed by atoms with E-state index in [1.165, 1.54) is 0 Å². The van der Waals surface area contributed by atoms with Gasteiger partial charge in [-0.1, -0.05) is 0 Å². The smallest absolute Gasteiger partial charge is 0.410 e. The SMILES string of the molecule is CCOC(=O)/C(=N/N)C(C)=NC1CCCN(C(=O)OC(C)(C)C)C1. The molecule has 1 aliphatic heterocycles. The quantitative estimate of drug-likeness (QED) is 0.363. The maximum atomic E-state index is 12.2. The highest BCUT2D eigenvalue weighted by molar-refractivity contribution is 6.65. The summed E-state index contributed by atoms with van der Waals surface area (Å²) < 4.78 is 10.3. The Morgan fingerprint density at radius 1 is 1.33 bits per heavy atom. The van der Waals surface area contributed by atoms with Crippen LogP contribution in [0.3, 0.4) is 0 Å². The molecule has 1 saturated heterocycles. The van der Waals surface area contributed by atoms with Crippen molar-refractivity contribution in [3.8, 4) is 0 Å². The van der Waals surface area contributed by atoms with E-state index in [-0.39, 0.29) is 24.5 Å². The first-order valence-electron chi connectivity index (χ1n) is 8.15.